The lowest BCUT2D eigenvalue weighted by Crippen LogP contribution is -2.21. The summed E-state index contributed by atoms with van der Waals surface area (Å²) in [6, 6.07) is 14.3. The number of sulfonamides is 1. The highest BCUT2D eigenvalue weighted by Crippen LogP contribution is 2.17. The van der Waals surface area contributed by atoms with Gasteiger partial charge in [0.2, 0.25) is 10.0 Å². The first kappa shape index (κ1) is 17.2. The van der Waals surface area contributed by atoms with Crippen LogP contribution >= 0.6 is 0 Å². The van der Waals surface area contributed by atoms with Gasteiger partial charge in [-0.3, -0.25) is 4.99 Å². The molecule has 122 valence electrons. The topological polar surface area (TPSA) is 75.8 Å². The Morgan fingerprint density at radius 1 is 1.00 bits per heavy atom. The van der Waals surface area contributed by atoms with Crippen LogP contribution in [0.15, 0.2) is 58.4 Å². The van der Waals surface area contributed by atoms with E-state index in [0.717, 1.165) is 18.7 Å². The van der Waals surface area contributed by atoms with E-state index in [1.54, 1.807) is 18.3 Å². The van der Waals surface area contributed by atoms with Gasteiger partial charge in [-0.2, -0.15) is 0 Å². The molecule has 0 heterocycles. The molecule has 0 saturated carbocycles. The molecular formula is C17H21N3O2S. The molecule has 23 heavy (non-hydrogen) atoms. The first-order valence-electron chi connectivity index (χ1n) is 7.46. The quantitative estimate of drug-likeness (QED) is 0.827. The average molecular weight is 331 g/mol. The third-order valence-corrected chi connectivity index (χ3v) is 4.48. The van der Waals surface area contributed by atoms with Crippen molar-refractivity contribution < 1.29 is 8.42 Å². The minimum Gasteiger partial charge on any atom is -0.372 e. The normalized spacial score (nSPS) is 11.8. The Kier molecular flexibility index (Phi) is 5.52. The van der Waals surface area contributed by atoms with Gasteiger partial charge in [-0.25, -0.2) is 13.6 Å². The van der Waals surface area contributed by atoms with E-state index in [-0.39, 0.29) is 4.90 Å². The van der Waals surface area contributed by atoms with Gasteiger partial charge in [-0.15, -0.1) is 0 Å². The van der Waals surface area contributed by atoms with E-state index in [0.29, 0.717) is 5.69 Å². The summed E-state index contributed by atoms with van der Waals surface area (Å²) in [5.41, 5.74) is 2.84. The molecule has 0 fully saturated rings. The molecule has 0 amide bonds. The van der Waals surface area contributed by atoms with Crippen molar-refractivity contribution >= 4 is 27.6 Å². The van der Waals surface area contributed by atoms with Crippen molar-refractivity contribution in [3.8, 4) is 0 Å². The Hall–Kier alpha value is -2.18. The molecule has 6 heteroatoms. The van der Waals surface area contributed by atoms with Gasteiger partial charge < -0.3 is 4.90 Å². The standard InChI is InChI=1S/C17H21N3O2S/c1-3-20(4-2)16-9-5-14(6-10-16)13-19-15-7-11-17(12-8-15)23(18,21)22/h5-13H,3-4H2,1-2H3,(H2,18,21,22). The number of rotatable bonds is 6. The highest BCUT2D eigenvalue weighted by Gasteiger charge is 2.06. The second-order valence-electron chi connectivity index (χ2n) is 5.06. The summed E-state index contributed by atoms with van der Waals surface area (Å²) in [7, 11) is -3.66. The molecule has 0 saturated heterocycles. The van der Waals surface area contributed by atoms with Crippen molar-refractivity contribution in [3.63, 3.8) is 0 Å². The summed E-state index contributed by atoms with van der Waals surface area (Å²) >= 11 is 0. The number of nitrogens with two attached hydrogens (primary N) is 1. The molecule has 0 radical (unpaired) electrons. The number of hydrogen-bond donors (Lipinski definition) is 1. The summed E-state index contributed by atoms with van der Waals surface area (Å²) in [6.45, 7) is 6.20. The maximum atomic E-state index is 11.2. The van der Waals surface area contributed by atoms with Crippen molar-refractivity contribution in [3.05, 3.63) is 54.1 Å². The number of aliphatic imine (C=N–C) groups is 1. The third-order valence-electron chi connectivity index (χ3n) is 3.55. The van der Waals surface area contributed by atoms with Gasteiger partial charge in [-0.1, -0.05) is 12.1 Å². The Bertz CT molecular complexity index is 762. The van der Waals surface area contributed by atoms with E-state index in [1.807, 2.05) is 12.1 Å². The molecule has 0 aromatic heterocycles. The van der Waals surface area contributed by atoms with E-state index in [9.17, 15) is 8.42 Å². The summed E-state index contributed by atoms with van der Waals surface area (Å²) in [6.07, 6.45) is 1.75. The van der Waals surface area contributed by atoms with Gasteiger partial charge in [0.1, 0.15) is 0 Å². The average Bonchev–Trinajstić information content (AvgIpc) is 2.55. The van der Waals surface area contributed by atoms with Crippen LogP contribution in [0.1, 0.15) is 19.4 Å². The molecule has 2 rings (SSSR count). The van der Waals surface area contributed by atoms with Crippen LogP contribution in [0.25, 0.3) is 0 Å². The fourth-order valence-corrected chi connectivity index (χ4v) is 2.75. The summed E-state index contributed by atoms with van der Waals surface area (Å²) < 4.78 is 22.4. The molecular weight excluding hydrogens is 310 g/mol. The molecule has 5 nitrogen and oxygen atoms in total. The molecule has 0 spiro atoms. The van der Waals surface area contributed by atoms with Crippen molar-refractivity contribution in [1.82, 2.24) is 0 Å². The van der Waals surface area contributed by atoms with Gasteiger partial charge in [0, 0.05) is 25.0 Å². The molecule has 0 aliphatic heterocycles. The zero-order chi connectivity index (χ0) is 16.9. The van der Waals surface area contributed by atoms with Crippen molar-refractivity contribution in [1.29, 1.82) is 0 Å². The van der Waals surface area contributed by atoms with Crippen molar-refractivity contribution in [2.75, 3.05) is 18.0 Å². The second kappa shape index (κ2) is 7.39. The highest BCUT2D eigenvalue weighted by atomic mass is 32.2. The maximum absolute atomic E-state index is 11.2. The van der Waals surface area contributed by atoms with Crippen LogP contribution in [0.4, 0.5) is 11.4 Å². The van der Waals surface area contributed by atoms with E-state index in [4.69, 9.17) is 5.14 Å². The van der Waals surface area contributed by atoms with Crippen LogP contribution < -0.4 is 10.0 Å². The molecule has 0 unspecified atom stereocenters. The summed E-state index contributed by atoms with van der Waals surface area (Å²) in [5, 5.41) is 5.06. The van der Waals surface area contributed by atoms with Gasteiger partial charge in [-0.05, 0) is 55.8 Å². The largest absolute Gasteiger partial charge is 0.372 e. The Labute approximate surface area is 137 Å². The maximum Gasteiger partial charge on any atom is 0.238 e. The highest BCUT2D eigenvalue weighted by molar-refractivity contribution is 7.89. The van der Waals surface area contributed by atoms with Gasteiger partial charge in [0.25, 0.3) is 0 Å². The van der Waals surface area contributed by atoms with Crippen LogP contribution in [0.3, 0.4) is 0 Å². The number of hydrogen-bond acceptors (Lipinski definition) is 4. The SMILES string of the molecule is CCN(CC)c1ccc(C=Nc2ccc(S(N)(=O)=O)cc2)cc1. The molecule has 0 bridgehead atoms. The summed E-state index contributed by atoms with van der Waals surface area (Å²) in [4.78, 5) is 6.69. The number of anilines is 1. The summed E-state index contributed by atoms with van der Waals surface area (Å²) in [5.74, 6) is 0. The molecule has 2 N–H and O–H groups in total. The van der Waals surface area contributed by atoms with Crippen molar-refractivity contribution in [2.24, 2.45) is 10.1 Å². The Morgan fingerprint density at radius 3 is 2.04 bits per heavy atom. The van der Waals surface area contributed by atoms with Crippen LogP contribution in [0, 0.1) is 0 Å². The fraction of sp³-hybridized carbons (Fsp3) is 0.235. The van der Waals surface area contributed by atoms with Crippen LogP contribution in [-0.4, -0.2) is 27.7 Å². The third kappa shape index (κ3) is 4.64. The van der Waals surface area contributed by atoms with Crippen molar-refractivity contribution in [2.45, 2.75) is 18.7 Å². The molecule has 2 aromatic carbocycles. The zero-order valence-corrected chi connectivity index (χ0v) is 14.1. The van der Waals surface area contributed by atoms with E-state index < -0.39 is 10.0 Å². The minimum atomic E-state index is -3.66. The second-order valence-corrected chi connectivity index (χ2v) is 6.62. The predicted molar refractivity (Wildman–Crippen MR) is 95.1 cm³/mol. The number of benzene rings is 2. The number of nitrogens with zero attached hydrogens (tertiary/aromatic N) is 2. The van der Waals surface area contributed by atoms with Crippen LogP contribution in [-0.2, 0) is 10.0 Å². The van der Waals surface area contributed by atoms with E-state index in [2.05, 4.69) is 35.9 Å². The van der Waals surface area contributed by atoms with Gasteiger partial charge in [0.15, 0.2) is 0 Å². The Balaban J connectivity index is 2.11. The monoisotopic (exact) mass is 331 g/mol. The molecule has 2 aromatic rings. The minimum absolute atomic E-state index is 0.0834. The van der Waals surface area contributed by atoms with E-state index in [1.165, 1.54) is 17.8 Å². The smallest absolute Gasteiger partial charge is 0.238 e. The zero-order valence-electron chi connectivity index (χ0n) is 13.3. The lowest BCUT2D eigenvalue weighted by molar-refractivity contribution is 0.598. The fourth-order valence-electron chi connectivity index (χ4n) is 2.23. The van der Waals surface area contributed by atoms with E-state index >= 15 is 0 Å². The first-order valence-corrected chi connectivity index (χ1v) is 9.00. The van der Waals surface area contributed by atoms with Crippen LogP contribution in [0.2, 0.25) is 0 Å². The number of primary sulfonamides is 1. The predicted octanol–water partition coefficient (Wildman–Crippen LogP) is 2.93. The van der Waals surface area contributed by atoms with Gasteiger partial charge in [0.05, 0.1) is 10.6 Å². The van der Waals surface area contributed by atoms with Gasteiger partial charge >= 0.3 is 0 Å². The molecule has 0 aliphatic carbocycles. The first-order chi connectivity index (χ1) is 10.9. The molecule has 0 aliphatic rings. The Morgan fingerprint density at radius 2 is 1.57 bits per heavy atom. The molecule has 0 atom stereocenters. The van der Waals surface area contributed by atoms with Crippen LogP contribution in [0.5, 0.6) is 0 Å². The lowest BCUT2D eigenvalue weighted by atomic mass is 10.2. The lowest BCUT2D eigenvalue weighted by Gasteiger charge is -2.20.